The number of hydrogen-bond donors (Lipinski definition) is 0. The van der Waals surface area contributed by atoms with Crippen LogP contribution >= 0.6 is 0 Å². The summed E-state index contributed by atoms with van der Waals surface area (Å²) in [6, 6.07) is 45.0. The molecule has 4 aromatic carbocycles. The van der Waals surface area contributed by atoms with E-state index < -0.39 is 0 Å². The molecule has 1 aliphatic carbocycles. The molecule has 7 rings (SSSR count). The van der Waals surface area contributed by atoms with Crippen LogP contribution in [0.2, 0.25) is 0 Å². The largest absolute Gasteiger partial charge is 0.310 e. The fourth-order valence-corrected chi connectivity index (χ4v) is 5.95. The Morgan fingerprint density at radius 2 is 1.02 bits per heavy atom. The second-order valence-corrected chi connectivity index (χ2v) is 10.8. The molecular weight excluding hydrogens is 486 g/mol. The molecule has 0 aliphatic heterocycles. The molecule has 0 bridgehead atoms. The van der Waals surface area contributed by atoms with Crippen LogP contribution in [0.1, 0.15) is 25.0 Å². The number of nitrogens with zero attached hydrogens (tertiary/aromatic N) is 3. The number of rotatable bonds is 5. The molecule has 0 unspecified atom stereocenters. The lowest BCUT2D eigenvalue weighted by Crippen LogP contribution is -2.16. The van der Waals surface area contributed by atoms with Crippen LogP contribution in [0.15, 0.2) is 140 Å². The fourth-order valence-electron chi connectivity index (χ4n) is 5.95. The second kappa shape index (κ2) is 9.62. The molecule has 2 aromatic heterocycles. The third-order valence-electron chi connectivity index (χ3n) is 7.96. The molecule has 2 heterocycles. The van der Waals surface area contributed by atoms with Crippen LogP contribution < -0.4 is 4.90 Å². The summed E-state index contributed by atoms with van der Waals surface area (Å²) in [6.45, 7) is 4.66. The minimum atomic E-state index is -0.0841. The van der Waals surface area contributed by atoms with Crippen molar-refractivity contribution in [1.82, 2.24) is 9.97 Å². The average Bonchev–Trinajstić information content (AvgIpc) is 3.25. The monoisotopic (exact) mass is 515 g/mol. The van der Waals surface area contributed by atoms with Crippen LogP contribution in [0.3, 0.4) is 0 Å². The van der Waals surface area contributed by atoms with Crippen molar-refractivity contribution < 1.29 is 0 Å². The maximum atomic E-state index is 4.61. The zero-order valence-electron chi connectivity index (χ0n) is 22.6. The quantitative estimate of drug-likeness (QED) is 0.229. The van der Waals surface area contributed by atoms with E-state index >= 15 is 0 Å². The summed E-state index contributed by atoms with van der Waals surface area (Å²) in [5, 5.41) is 0. The van der Waals surface area contributed by atoms with Gasteiger partial charge in [0.15, 0.2) is 0 Å². The first kappa shape index (κ1) is 24.1. The van der Waals surface area contributed by atoms with Crippen LogP contribution in [-0.4, -0.2) is 9.97 Å². The van der Waals surface area contributed by atoms with Gasteiger partial charge in [0, 0.05) is 46.0 Å². The van der Waals surface area contributed by atoms with Crippen molar-refractivity contribution in [3.63, 3.8) is 0 Å². The van der Waals surface area contributed by atoms with E-state index in [-0.39, 0.29) is 5.41 Å². The highest BCUT2D eigenvalue weighted by Gasteiger charge is 2.35. The van der Waals surface area contributed by atoms with E-state index in [0.717, 1.165) is 39.6 Å². The molecule has 0 saturated heterocycles. The zero-order valence-corrected chi connectivity index (χ0v) is 22.6. The first-order valence-electron chi connectivity index (χ1n) is 13.7. The maximum absolute atomic E-state index is 4.61. The molecule has 3 nitrogen and oxygen atoms in total. The standard InChI is InChI=1S/C37H29N3/c1-37(2)33-16-4-3-15-31(33)32-20-19-30(25-34(32)37)40(28-13-9-11-26(23-28)35-17-5-7-21-38-35)29-14-10-12-27(24-29)36-18-6-8-22-39-36/h3-25H,1-2H3. The Bertz CT molecular complexity index is 1740. The summed E-state index contributed by atoms with van der Waals surface area (Å²) < 4.78 is 0. The molecule has 0 atom stereocenters. The Morgan fingerprint density at radius 1 is 0.475 bits per heavy atom. The molecule has 3 heteroatoms. The summed E-state index contributed by atoms with van der Waals surface area (Å²) in [7, 11) is 0. The molecule has 0 radical (unpaired) electrons. The van der Waals surface area contributed by atoms with Crippen LogP contribution in [0.25, 0.3) is 33.6 Å². The van der Waals surface area contributed by atoms with Crippen molar-refractivity contribution in [3.8, 4) is 33.6 Å². The molecule has 0 spiro atoms. The normalized spacial score (nSPS) is 12.9. The number of anilines is 3. The molecule has 192 valence electrons. The van der Waals surface area contributed by atoms with Crippen molar-refractivity contribution in [2.75, 3.05) is 4.90 Å². The second-order valence-electron chi connectivity index (χ2n) is 10.8. The summed E-state index contributed by atoms with van der Waals surface area (Å²) in [5.74, 6) is 0. The van der Waals surface area contributed by atoms with E-state index in [1.807, 2.05) is 36.7 Å². The van der Waals surface area contributed by atoms with Gasteiger partial charge in [0.25, 0.3) is 0 Å². The molecular formula is C37H29N3. The lowest BCUT2D eigenvalue weighted by molar-refractivity contribution is 0.660. The summed E-state index contributed by atoms with van der Waals surface area (Å²) in [5.41, 5.74) is 12.6. The Kier molecular flexibility index (Phi) is 5.78. The van der Waals surface area contributed by atoms with Crippen LogP contribution in [-0.2, 0) is 5.41 Å². The molecule has 1 aliphatic rings. The molecule has 40 heavy (non-hydrogen) atoms. The molecule has 0 fully saturated rings. The van der Waals surface area contributed by atoms with Crippen LogP contribution in [0, 0.1) is 0 Å². The lowest BCUT2D eigenvalue weighted by atomic mass is 9.82. The number of aromatic nitrogens is 2. The van der Waals surface area contributed by atoms with Gasteiger partial charge in [0.05, 0.1) is 11.4 Å². The van der Waals surface area contributed by atoms with Gasteiger partial charge in [-0.2, -0.15) is 0 Å². The third-order valence-corrected chi connectivity index (χ3v) is 7.96. The average molecular weight is 516 g/mol. The summed E-state index contributed by atoms with van der Waals surface area (Å²) in [6.07, 6.45) is 3.69. The number of pyridine rings is 2. The fraction of sp³-hybridized carbons (Fsp3) is 0.0811. The molecule has 0 saturated carbocycles. The van der Waals surface area contributed by atoms with Gasteiger partial charge in [0.1, 0.15) is 0 Å². The SMILES string of the molecule is CC1(C)c2ccccc2-c2ccc(N(c3cccc(-c4ccccn4)c3)c3cccc(-c4ccccn4)c3)cc21. The molecule has 0 N–H and O–H groups in total. The van der Waals surface area contributed by atoms with E-state index in [0.29, 0.717) is 0 Å². The van der Waals surface area contributed by atoms with Gasteiger partial charge in [-0.25, -0.2) is 0 Å². The third kappa shape index (κ3) is 4.07. The van der Waals surface area contributed by atoms with Crippen LogP contribution in [0.5, 0.6) is 0 Å². The van der Waals surface area contributed by atoms with Crippen molar-refractivity contribution in [2.24, 2.45) is 0 Å². The van der Waals surface area contributed by atoms with Gasteiger partial charge in [-0.1, -0.05) is 80.6 Å². The van der Waals surface area contributed by atoms with Crippen molar-refractivity contribution in [3.05, 3.63) is 151 Å². The number of fused-ring (bicyclic) bond motifs is 3. The van der Waals surface area contributed by atoms with Gasteiger partial charge < -0.3 is 4.90 Å². The van der Waals surface area contributed by atoms with Gasteiger partial charge in [-0.3, -0.25) is 9.97 Å². The summed E-state index contributed by atoms with van der Waals surface area (Å²) in [4.78, 5) is 11.6. The Labute approximate surface area is 235 Å². The van der Waals surface area contributed by atoms with E-state index in [4.69, 9.17) is 0 Å². The van der Waals surface area contributed by atoms with E-state index in [1.54, 1.807) is 0 Å². The van der Waals surface area contributed by atoms with Gasteiger partial charge in [-0.05, 0) is 82.9 Å². The summed E-state index contributed by atoms with van der Waals surface area (Å²) >= 11 is 0. The van der Waals surface area contributed by atoms with E-state index in [9.17, 15) is 0 Å². The predicted octanol–water partition coefficient (Wildman–Crippen LogP) is 9.59. The van der Waals surface area contributed by atoms with E-state index in [2.05, 4.69) is 132 Å². The van der Waals surface area contributed by atoms with Gasteiger partial charge in [-0.15, -0.1) is 0 Å². The maximum Gasteiger partial charge on any atom is 0.0702 e. The highest BCUT2D eigenvalue weighted by Crippen LogP contribution is 2.50. The van der Waals surface area contributed by atoms with Gasteiger partial charge in [0.2, 0.25) is 0 Å². The minimum Gasteiger partial charge on any atom is -0.310 e. The van der Waals surface area contributed by atoms with Crippen molar-refractivity contribution >= 4 is 17.1 Å². The zero-order chi connectivity index (χ0) is 27.1. The number of benzene rings is 4. The van der Waals surface area contributed by atoms with Crippen molar-refractivity contribution in [1.29, 1.82) is 0 Å². The smallest absolute Gasteiger partial charge is 0.0702 e. The number of hydrogen-bond acceptors (Lipinski definition) is 3. The first-order valence-corrected chi connectivity index (χ1v) is 13.7. The molecule has 0 amide bonds. The highest BCUT2D eigenvalue weighted by atomic mass is 15.1. The first-order chi connectivity index (χ1) is 19.6. The topological polar surface area (TPSA) is 29.0 Å². The van der Waals surface area contributed by atoms with Crippen LogP contribution in [0.4, 0.5) is 17.1 Å². The Morgan fingerprint density at radius 3 is 1.62 bits per heavy atom. The Balaban J connectivity index is 1.41. The molecule has 6 aromatic rings. The minimum absolute atomic E-state index is 0.0841. The van der Waals surface area contributed by atoms with Gasteiger partial charge >= 0.3 is 0 Å². The highest BCUT2D eigenvalue weighted by molar-refractivity contribution is 5.87. The predicted molar refractivity (Wildman–Crippen MR) is 165 cm³/mol. The Hall–Kier alpha value is -5.02. The lowest BCUT2D eigenvalue weighted by Gasteiger charge is -2.28. The van der Waals surface area contributed by atoms with Crippen molar-refractivity contribution in [2.45, 2.75) is 19.3 Å². The van der Waals surface area contributed by atoms with E-state index in [1.165, 1.54) is 22.3 Å².